The second-order valence-corrected chi connectivity index (χ2v) is 5.32. The van der Waals surface area contributed by atoms with Crippen LogP contribution >= 0.6 is 0 Å². The summed E-state index contributed by atoms with van der Waals surface area (Å²) in [4.78, 5) is 11.5. The predicted octanol–water partition coefficient (Wildman–Crippen LogP) is 2.48. The Kier molecular flexibility index (Phi) is 8.78. The van der Waals surface area contributed by atoms with Crippen LogP contribution in [-0.4, -0.2) is 25.5 Å². The molecule has 0 spiro atoms. The molecule has 100 valence electrons. The molecule has 0 radical (unpaired) electrons. The second kappa shape index (κ2) is 9.23. The predicted molar refractivity (Wildman–Crippen MR) is 74.0 cm³/mol. The Balaban J connectivity index is 3.68. The summed E-state index contributed by atoms with van der Waals surface area (Å²) in [5.74, 6) is 0.0652. The van der Waals surface area contributed by atoms with Gasteiger partial charge in [-0.3, -0.25) is 4.79 Å². The minimum absolute atomic E-state index is 0.0652. The van der Waals surface area contributed by atoms with Crippen LogP contribution in [0.3, 0.4) is 0 Å². The van der Waals surface area contributed by atoms with Crippen LogP contribution in [0, 0.1) is 5.41 Å². The molecule has 0 unspecified atom stereocenters. The van der Waals surface area contributed by atoms with Crippen LogP contribution in [0.5, 0.6) is 0 Å². The van der Waals surface area contributed by atoms with Crippen molar-refractivity contribution in [2.45, 2.75) is 46.5 Å². The molecule has 3 heteroatoms. The Bertz CT molecular complexity index is 224. The fraction of sp³-hybridized carbons (Fsp3) is 0.786. The zero-order valence-corrected chi connectivity index (χ0v) is 11.6. The number of hydrogen-bond acceptors (Lipinski definition) is 2. The number of hydrogen-bond donors (Lipinski definition) is 2. The summed E-state index contributed by atoms with van der Waals surface area (Å²) in [5, 5.41) is 5.97. The van der Waals surface area contributed by atoms with Gasteiger partial charge in [0, 0.05) is 13.1 Å². The van der Waals surface area contributed by atoms with Crippen molar-refractivity contribution in [1.82, 2.24) is 10.6 Å². The van der Waals surface area contributed by atoms with Crippen LogP contribution in [0.15, 0.2) is 12.7 Å². The van der Waals surface area contributed by atoms with E-state index in [4.69, 9.17) is 0 Å². The average molecular weight is 240 g/mol. The van der Waals surface area contributed by atoms with E-state index in [1.165, 1.54) is 25.7 Å². The molecule has 0 aliphatic carbocycles. The first-order valence-corrected chi connectivity index (χ1v) is 6.60. The zero-order chi connectivity index (χ0) is 13.1. The average Bonchev–Trinajstić information content (AvgIpc) is 2.27. The van der Waals surface area contributed by atoms with Crippen LogP contribution in [0.25, 0.3) is 0 Å². The van der Waals surface area contributed by atoms with Gasteiger partial charge in [0.1, 0.15) is 0 Å². The van der Waals surface area contributed by atoms with Gasteiger partial charge < -0.3 is 10.6 Å². The van der Waals surface area contributed by atoms with Crippen molar-refractivity contribution in [1.29, 1.82) is 0 Å². The normalized spacial score (nSPS) is 11.2. The third-order valence-corrected chi connectivity index (χ3v) is 2.80. The smallest absolute Gasteiger partial charge is 0.233 e. The van der Waals surface area contributed by atoms with E-state index in [0.717, 1.165) is 6.54 Å². The minimum atomic E-state index is 0.0652. The van der Waals surface area contributed by atoms with Gasteiger partial charge in [-0.05, 0) is 11.8 Å². The highest BCUT2D eigenvalue weighted by Crippen LogP contribution is 2.22. The lowest BCUT2D eigenvalue weighted by atomic mass is 9.87. The van der Waals surface area contributed by atoms with Gasteiger partial charge in [0.2, 0.25) is 5.91 Å². The third kappa shape index (κ3) is 10.1. The van der Waals surface area contributed by atoms with E-state index in [1.54, 1.807) is 6.08 Å². The molecular weight excluding hydrogens is 212 g/mol. The molecule has 0 saturated heterocycles. The first-order chi connectivity index (χ1) is 8.02. The molecule has 17 heavy (non-hydrogen) atoms. The molecule has 0 bridgehead atoms. The molecule has 1 amide bonds. The summed E-state index contributed by atoms with van der Waals surface area (Å²) in [5.41, 5.74) is 0.198. The fourth-order valence-electron chi connectivity index (χ4n) is 1.63. The van der Waals surface area contributed by atoms with Crippen LogP contribution in [0.2, 0.25) is 0 Å². The van der Waals surface area contributed by atoms with Crippen molar-refractivity contribution in [3.05, 3.63) is 12.7 Å². The molecule has 0 fully saturated rings. The van der Waals surface area contributed by atoms with Gasteiger partial charge in [-0.2, -0.15) is 0 Å². The SMILES string of the molecule is C=CCNCC(=O)NCC(C)(C)CCCCC. The summed E-state index contributed by atoms with van der Waals surface area (Å²) in [7, 11) is 0. The summed E-state index contributed by atoms with van der Waals surface area (Å²) in [6, 6.07) is 0. The fourth-order valence-corrected chi connectivity index (χ4v) is 1.63. The molecule has 0 rings (SSSR count). The van der Waals surface area contributed by atoms with Crippen LogP contribution < -0.4 is 10.6 Å². The second-order valence-electron chi connectivity index (χ2n) is 5.32. The highest BCUT2D eigenvalue weighted by molar-refractivity contribution is 5.78. The maximum absolute atomic E-state index is 11.5. The van der Waals surface area contributed by atoms with Gasteiger partial charge in [0.15, 0.2) is 0 Å². The van der Waals surface area contributed by atoms with Gasteiger partial charge in [0.05, 0.1) is 6.54 Å². The number of carbonyl (C=O) groups is 1. The maximum atomic E-state index is 11.5. The van der Waals surface area contributed by atoms with E-state index in [1.807, 2.05) is 0 Å². The van der Waals surface area contributed by atoms with Gasteiger partial charge in [-0.15, -0.1) is 6.58 Å². The number of carbonyl (C=O) groups excluding carboxylic acids is 1. The highest BCUT2D eigenvalue weighted by atomic mass is 16.1. The lowest BCUT2D eigenvalue weighted by molar-refractivity contribution is -0.120. The van der Waals surface area contributed by atoms with Crippen molar-refractivity contribution < 1.29 is 4.79 Å². The van der Waals surface area contributed by atoms with E-state index in [9.17, 15) is 4.79 Å². The molecule has 2 N–H and O–H groups in total. The van der Waals surface area contributed by atoms with E-state index < -0.39 is 0 Å². The Morgan fingerprint density at radius 2 is 2.06 bits per heavy atom. The summed E-state index contributed by atoms with van der Waals surface area (Å²) in [6.45, 7) is 12.0. The summed E-state index contributed by atoms with van der Waals surface area (Å²) >= 11 is 0. The van der Waals surface area contributed by atoms with Gasteiger partial charge in [-0.25, -0.2) is 0 Å². The molecule has 0 heterocycles. The van der Waals surface area contributed by atoms with Crippen molar-refractivity contribution in [3.8, 4) is 0 Å². The molecule has 3 nitrogen and oxygen atoms in total. The van der Waals surface area contributed by atoms with Gasteiger partial charge >= 0.3 is 0 Å². The Hall–Kier alpha value is -0.830. The molecule has 0 aromatic rings. The quantitative estimate of drug-likeness (QED) is 0.455. The third-order valence-electron chi connectivity index (χ3n) is 2.80. The monoisotopic (exact) mass is 240 g/mol. The summed E-state index contributed by atoms with van der Waals surface area (Å²) in [6.07, 6.45) is 6.68. The number of nitrogens with one attached hydrogen (secondary N) is 2. The Morgan fingerprint density at radius 3 is 2.65 bits per heavy atom. The first-order valence-electron chi connectivity index (χ1n) is 6.60. The molecule has 0 aromatic carbocycles. The molecule has 0 aliphatic heterocycles. The lowest BCUT2D eigenvalue weighted by Gasteiger charge is -2.25. The Labute approximate surface area is 106 Å². The Morgan fingerprint density at radius 1 is 1.35 bits per heavy atom. The topological polar surface area (TPSA) is 41.1 Å². The van der Waals surface area contributed by atoms with Crippen molar-refractivity contribution in [2.75, 3.05) is 19.6 Å². The number of amides is 1. The van der Waals surface area contributed by atoms with Crippen LogP contribution in [0.4, 0.5) is 0 Å². The van der Waals surface area contributed by atoms with Crippen LogP contribution in [0.1, 0.15) is 46.5 Å². The highest BCUT2D eigenvalue weighted by Gasteiger charge is 2.17. The largest absolute Gasteiger partial charge is 0.354 e. The van der Waals surface area contributed by atoms with Crippen molar-refractivity contribution in [3.63, 3.8) is 0 Å². The van der Waals surface area contributed by atoms with E-state index >= 15 is 0 Å². The number of rotatable bonds is 10. The molecule has 0 atom stereocenters. The standard InChI is InChI=1S/C14H28N2O/c1-5-7-8-9-14(3,4)12-16-13(17)11-15-10-6-2/h6,15H,2,5,7-12H2,1,3-4H3,(H,16,17). The molecule has 0 saturated carbocycles. The summed E-state index contributed by atoms with van der Waals surface area (Å²) < 4.78 is 0. The maximum Gasteiger partial charge on any atom is 0.233 e. The number of unbranched alkanes of at least 4 members (excludes halogenated alkanes) is 2. The van der Waals surface area contributed by atoms with Gasteiger partial charge in [-0.1, -0.05) is 46.1 Å². The van der Waals surface area contributed by atoms with E-state index in [0.29, 0.717) is 13.1 Å². The van der Waals surface area contributed by atoms with E-state index in [-0.39, 0.29) is 11.3 Å². The molecule has 0 aromatic heterocycles. The molecule has 0 aliphatic rings. The van der Waals surface area contributed by atoms with E-state index in [2.05, 4.69) is 38.0 Å². The van der Waals surface area contributed by atoms with Crippen molar-refractivity contribution in [2.24, 2.45) is 5.41 Å². The van der Waals surface area contributed by atoms with Gasteiger partial charge in [0.25, 0.3) is 0 Å². The zero-order valence-electron chi connectivity index (χ0n) is 11.6. The van der Waals surface area contributed by atoms with Crippen LogP contribution in [-0.2, 0) is 4.79 Å². The first kappa shape index (κ1) is 16.2. The molecular formula is C14H28N2O. The lowest BCUT2D eigenvalue weighted by Crippen LogP contribution is -2.39. The van der Waals surface area contributed by atoms with Crippen molar-refractivity contribution >= 4 is 5.91 Å². The minimum Gasteiger partial charge on any atom is -0.354 e.